The van der Waals surface area contributed by atoms with Crippen LogP contribution in [0.5, 0.6) is 0 Å². The molecule has 1 aromatic carbocycles. The molecule has 0 saturated heterocycles. The minimum atomic E-state index is -0.925. The average Bonchev–Trinajstić information content (AvgIpc) is 2.17. The molecule has 15 heavy (non-hydrogen) atoms. The molecule has 0 aliphatic rings. The fourth-order valence-electron chi connectivity index (χ4n) is 1.47. The number of carboxylic acid groups (broad SMARTS) is 1. The zero-order valence-corrected chi connectivity index (χ0v) is 8.64. The molecule has 1 N–H and O–H groups in total. The van der Waals surface area contributed by atoms with Crippen LogP contribution < -0.4 is 0 Å². The van der Waals surface area contributed by atoms with Gasteiger partial charge in [-0.3, -0.25) is 9.59 Å². The van der Waals surface area contributed by atoms with Crippen LogP contribution in [0.4, 0.5) is 0 Å². The average molecular weight is 206 g/mol. The van der Waals surface area contributed by atoms with Crippen LogP contribution in [0.25, 0.3) is 0 Å². The first kappa shape index (κ1) is 11.4. The molecule has 1 aromatic rings. The van der Waals surface area contributed by atoms with Gasteiger partial charge in [-0.25, -0.2) is 0 Å². The minimum absolute atomic E-state index is 0.0683. The van der Waals surface area contributed by atoms with Gasteiger partial charge in [0, 0.05) is 5.92 Å². The van der Waals surface area contributed by atoms with Crippen molar-refractivity contribution in [3.63, 3.8) is 0 Å². The Bertz CT molecular complexity index is 343. The zero-order chi connectivity index (χ0) is 11.3. The van der Waals surface area contributed by atoms with E-state index in [2.05, 4.69) is 0 Å². The van der Waals surface area contributed by atoms with E-state index in [-0.39, 0.29) is 12.2 Å². The van der Waals surface area contributed by atoms with E-state index in [9.17, 15) is 9.59 Å². The summed E-state index contributed by atoms with van der Waals surface area (Å²) in [7, 11) is 0. The molecular weight excluding hydrogens is 192 g/mol. The number of carbonyl (C=O) groups excluding carboxylic acids is 1. The highest BCUT2D eigenvalue weighted by Crippen LogP contribution is 2.13. The Morgan fingerprint density at radius 1 is 1.27 bits per heavy atom. The number of carboxylic acids is 1. The van der Waals surface area contributed by atoms with Gasteiger partial charge in [0.05, 0.1) is 6.42 Å². The molecule has 0 spiro atoms. The normalized spacial score (nSPS) is 12.1. The predicted molar refractivity (Wildman–Crippen MR) is 56.6 cm³/mol. The maximum atomic E-state index is 11.2. The van der Waals surface area contributed by atoms with E-state index in [1.54, 1.807) is 0 Å². The molecule has 0 aliphatic carbocycles. The molecule has 0 bridgehead atoms. The molecule has 80 valence electrons. The number of hydrogen-bond donors (Lipinski definition) is 1. The van der Waals surface area contributed by atoms with Crippen LogP contribution in [-0.4, -0.2) is 16.9 Å². The van der Waals surface area contributed by atoms with Gasteiger partial charge in [0.15, 0.2) is 0 Å². The van der Waals surface area contributed by atoms with Crippen LogP contribution in [0.1, 0.15) is 18.9 Å². The molecule has 0 unspecified atom stereocenters. The summed E-state index contributed by atoms with van der Waals surface area (Å²) in [6.45, 7) is 1.44. The Balaban J connectivity index is 2.67. The van der Waals surface area contributed by atoms with Crippen molar-refractivity contribution in [2.24, 2.45) is 5.92 Å². The van der Waals surface area contributed by atoms with Gasteiger partial charge in [-0.2, -0.15) is 0 Å². The van der Waals surface area contributed by atoms with Gasteiger partial charge in [0.2, 0.25) is 0 Å². The lowest BCUT2D eigenvalue weighted by atomic mass is 9.93. The Kier molecular flexibility index (Phi) is 4.03. The fourth-order valence-corrected chi connectivity index (χ4v) is 1.47. The third-order valence-corrected chi connectivity index (χ3v) is 2.32. The predicted octanol–water partition coefficient (Wildman–Crippen LogP) is 1.91. The minimum Gasteiger partial charge on any atom is -0.481 e. The van der Waals surface area contributed by atoms with Crippen molar-refractivity contribution in [2.75, 3.05) is 0 Å². The summed E-state index contributed by atoms with van der Waals surface area (Å²) in [5.74, 6) is -1.41. The van der Waals surface area contributed by atoms with E-state index >= 15 is 0 Å². The van der Waals surface area contributed by atoms with Crippen LogP contribution in [0.2, 0.25) is 0 Å². The van der Waals surface area contributed by atoms with Gasteiger partial charge < -0.3 is 5.11 Å². The highest BCUT2D eigenvalue weighted by molar-refractivity contribution is 5.83. The van der Waals surface area contributed by atoms with E-state index in [4.69, 9.17) is 5.11 Å². The number of hydrogen-bond acceptors (Lipinski definition) is 2. The summed E-state index contributed by atoms with van der Waals surface area (Å²) < 4.78 is 0. The van der Waals surface area contributed by atoms with Crippen LogP contribution in [-0.2, 0) is 16.0 Å². The monoisotopic (exact) mass is 206 g/mol. The first-order chi connectivity index (χ1) is 7.09. The van der Waals surface area contributed by atoms with Crippen molar-refractivity contribution >= 4 is 11.8 Å². The van der Waals surface area contributed by atoms with Crippen molar-refractivity contribution in [2.45, 2.75) is 19.8 Å². The van der Waals surface area contributed by atoms with Crippen molar-refractivity contribution in [3.05, 3.63) is 35.9 Å². The molecule has 0 saturated carbocycles. The highest BCUT2D eigenvalue weighted by atomic mass is 16.4. The largest absolute Gasteiger partial charge is 0.481 e. The molecule has 1 rings (SSSR count). The maximum Gasteiger partial charge on any atom is 0.304 e. The van der Waals surface area contributed by atoms with Gasteiger partial charge in [-0.05, 0) is 18.9 Å². The van der Waals surface area contributed by atoms with Crippen LogP contribution in [0, 0.1) is 5.92 Å². The number of Topliss-reactive ketones (excluding diaryl/α,β-unsaturated/α-hetero) is 1. The number of carbonyl (C=O) groups is 2. The summed E-state index contributed by atoms with van der Waals surface area (Å²) in [5, 5.41) is 8.66. The Morgan fingerprint density at radius 3 is 2.33 bits per heavy atom. The maximum absolute atomic E-state index is 11.2. The van der Waals surface area contributed by atoms with Crippen LogP contribution >= 0.6 is 0 Å². The smallest absolute Gasteiger partial charge is 0.304 e. The second-order valence-electron chi connectivity index (χ2n) is 3.60. The standard InChI is InChI=1S/C12H14O3/c1-9(13)11(8-12(14)15)7-10-5-3-2-4-6-10/h2-6,11H,7-8H2,1H3,(H,14,15)/t11-/m0/s1. The van der Waals surface area contributed by atoms with Gasteiger partial charge in [-0.1, -0.05) is 30.3 Å². The summed E-state index contributed by atoms with van der Waals surface area (Å²) in [6.07, 6.45) is 0.409. The van der Waals surface area contributed by atoms with E-state index in [0.29, 0.717) is 6.42 Å². The number of rotatable bonds is 5. The molecule has 3 heteroatoms. The van der Waals surface area contributed by atoms with Crippen molar-refractivity contribution in [1.82, 2.24) is 0 Å². The lowest BCUT2D eigenvalue weighted by Crippen LogP contribution is -2.18. The molecule has 0 heterocycles. The molecule has 0 aliphatic heterocycles. The van der Waals surface area contributed by atoms with Gasteiger partial charge in [-0.15, -0.1) is 0 Å². The number of ketones is 1. The zero-order valence-electron chi connectivity index (χ0n) is 8.64. The summed E-state index contributed by atoms with van der Waals surface area (Å²) in [4.78, 5) is 21.8. The highest BCUT2D eigenvalue weighted by Gasteiger charge is 2.18. The number of aliphatic carboxylic acids is 1. The van der Waals surface area contributed by atoms with Gasteiger partial charge in [0.1, 0.15) is 5.78 Å². The van der Waals surface area contributed by atoms with Crippen LogP contribution in [0.3, 0.4) is 0 Å². The number of benzene rings is 1. The molecule has 0 aromatic heterocycles. The Morgan fingerprint density at radius 2 is 1.87 bits per heavy atom. The van der Waals surface area contributed by atoms with Crippen molar-refractivity contribution in [3.8, 4) is 0 Å². The SMILES string of the molecule is CC(=O)[C@H](CC(=O)O)Cc1ccccc1. The lowest BCUT2D eigenvalue weighted by molar-refractivity contribution is -0.140. The van der Waals surface area contributed by atoms with E-state index in [1.807, 2.05) is 30.3 Å². The first-order valence-electron chi connectivity index (χ1n) is 4.85. The quantitative estimate of drug-likeness (QED) is 0.800. The second kappa shape index (κ2) is 5.29. The molecule has 0 radical (unpaired) electrons. The van der Waals surface area contributed by atoms with E-state index < -0.39 is 11.9 Å². The Hall–Kier alpha value is -1.64. The molecule has 0 amide bonds. The third kappa shape index (κ3) is 3.94. The molecular formula is C12H14O3. The summed E-state index contributed by atoms with van der Waals surface area (Å²) >= 11 is 0. The van der Waals surface area contributed by atoms with Crippen LogP contribution in [0.15, 0.2) is 30.3 Å². The molecule has 0 fully saturated rings. The fraction of sp³-hybridized carbons (Fsp3) is 0.333. The first-order valence-corrected chi connectivity index (χ1v) is 4.85. The van der Waals surface area contributed by atoms with Crippen molar-refractivity contribution < 1.29 is 14.7 Å². The lowest BCUT2D eigenvalue weighted by Gasteiger charge is -2.10. The van der Waals surface area contributed by atoms with Gasteiger partial charge >= 0.3 is 5.97 Å². The van der Waals surface area contributed by atoms with E-state index in [1.165, 1.54) is 6.92 Å². The van der Waals surface area contributed by atoms with Gasteiger partial charge in [0.25, 0.3) is 0 Å². The third-order valence-electron chi connectivity index (χ3n) is 2.32. The summed E-state index contributed by atoms with van der Waals surface area (Å²) in [5.41, 5.74) is 0.999. The van der Waals surface area contributed by atoms with E-state index in [0.717, 1.165) is 5.56 Å². The van der Waals surface area contributed by atoms with Crippen molar-refractivity contribution in [1.29, 1.82) is 0 Å². The summed E-state index contributed by atoms with van der Waals surface area (Å²) in [6, 6.07) is 9.46. The molecule has 1 atom stereocenters. The second-order valence-corrected chi connectivity index (χ2v) is 3.60. The molecule has 3 nitrogen and oxygen atoms in total. The topological polar surface area (TPSA) is 54.4 Å². The Labute approximate surface area is 88.7 Å².